The van der Waals surface area contributed by atoms with Crippen molar-refractivity contribution in [2.45, 2.75) is 52.5 Å². The topological polar surface area (TPSA) is 21.3 Å². The van der Waals surface area contributed by atoms with Gasteiger partial charge in [-0.15, -0.1) is 0 Å². The average molecular weight is 249 g/mol. The molecule has 0 aromatic heterocycles. The Morgan fingerprint density at radius 3 is 2.61 bits per heavy atom. The van der Waals surface area contributed by atoms with Crippen molar-refractivity contribution in [2.24, 2.45) is 0 Å². The maximum atomic E-state index is 5.96. The van der Waals surface area contributed by atoms with Gasteiger partial charge in [0.25, 0.3) is 0 Å². The van der Waals surface area contributed by atoms with Gasteiger partial charge in [0.05, 0.1) is 6.61 Å². The lowest BCUT2D eigenvalue weighted by molar-refractivity contribution is 0.299. The summed E-state index contributed by atoms with van der Waals surface area (Å²) in [6.07, 6.45) is 6.41. The molecule has 18 heavy (non-hydrogen) atoms. The van der Waals surface area contributed by atoms with Crippen molar-refractivity contribution in [3.05, 3.63) is 29.3 Å². The molecule has 0 aliphatic carbocycles. The molecule has 0 unspecified atom stereocenters. The zero-order valence-corrected chi connectivity index (χ0v) is 12.1. The van der Waals surface area contributed by atoms with Gasteiger partial charge in [-0.1, -0.05) is 50.8 Å². The van der Waals surface area contributed by atoms with Crippen LogP contribution in [0.3, 0.4) is 0 Å². The van der Waals surface area contributed by atoms with Crippen LogP contribution >= 0.6 is 0 Å². The normalized spacial score (nSPS) is 10.6. The van der Waals surface area contributed by atoms with Gasteiger partial charge in [-0.2, -0.15) is 0 Å². The van der Waals surface area contributed by atoms with Crippen molar-refractivity contribution < 1.29 is 4.74 Å². The Hall–Kier alpha value is -1.02. The molecule has 1 rings (SSSR count). The van der Waals surface area contributed by atoms with Crippen LogP contribution in [0.2, 0.25) is 0 Å². The summed E-state index contributed by atoms with van der Waals surface area (Å²) in [4.78, 5) is 0. The molecular weight excluding hydrogens is 222 g/mol. The third-order valence-corrected chi connectivity index (χ3v) is 3.15. The van der Waals surface area contributed by atoms with E-state index in [2.05, 4.69) is 37.4 Å². The Balaban J connectivity index is 2.40. The molecule has 1 N–H and O–H groups in total. The average Bonchev–Trinajstić information content (AvgIpc) is 2.36. The van der Waals surface area contributed by atoms with Gasteiger partial charge in [-0.25, -0.2) is 0 Å². The van der Waals surface area contributed by atoms with Crippen LogP contribution in [0.25, 0.3) is 0 Å². The lowest BCUT2D eigenvalue weighted by Gasteiger charge is -2.14. The summed E-state index contributed by atoms with van der Waals surface area (Å²) in [6, 6.07) is 6.34. The van der Waals surface area contributed by atoms with Crippen molar-refractivity contribution in [1.29, 1.82) is 0 Å². The first-order valence-electron chi connectivity index (χ1n) is 7.15. The van der Waals surface area contributed by atoms with E-state index in [1.165, 1.54) is 36.8 Å². The molecule has 0 heterocycles. The first kappa shape index (κ1) is 15.0. The van der Waals surface area contributed by atoms with Gasteiger partial charge < -0.3 is 10.1 Å². The van der Waals surface area contributed by atoms with Gasteiger partial charge in [0.2, 0.25) is 0 Å². The number of aryl methyl sites for hydroxylation is 1. The molecule has 0 bridgehead atoms. The van der Waals surface area contributed by atoms with Crippen LogP contribution < -0.4 is 10.1 Å². The summed E-state index contributed by atoms with van der Waals surface area (Å²) in [5, 5.41) is 3.19. The fraction of sp³-hybridized carbons (Fsp3) is 0.625. The highest BCUT2D eigenvalue weighted by atomic mass is 16.5. The summed E-state index contributed by atoms with van der Waals surface area (Å²) in [6.45, 7) is 6.07. The predicted octanol–water partition coefficient (Wildman–Crippen LogP) is 4.06. The minimum atomic E-state index is 0.839. The van der Waals surface area contributed by atoms with Crippen LogP contribution in [0.5, 0.6) is 5.75 Å². The van der Waals surface area contributed by atoms with E-state index in [4.69, 9.17) is 4.74 Å². The number of benzene rings is 1. The highest BCUT2D eigenvalue weighted by Gasteiger charge is 2.05. The maximum absolute atomic E-state index is 5.96. The van der Waals surface area contributed by atoms with E-state index in [0.29, 0.717) is 0 Å². The zero-order valence-electron chi connectivity index (χ0n) is 12.1. The summed E-state index contributed by atoms with van der Waals surface area (Å²) in [5.41, 5.74) is 2.49. The Morgan fingerprint density at radius 2 is 1.89 bits per heavy atom. The summed E-state index contributed by atoms with van der Waals surface area (Å²) >= 11 is 0. The van der Waals surface area contributed by atoms with Gasteiger partial charge in [0.1, 0.15) is 5.75 Å². The molecule has 102 valence electrons. The van der Waals surface area contributed by atoms with Crippen molar-refractivity contribution in [3.8, 4) is 5.75 Å². The van der Waals surface area contributed by atoms with Gasteiger partial charge in [0, 0.05) is 12.1 Å². The first-order valence-corrected chi connectivity index (χ1v) is 7.15. The molecule has 0 fully saturated rings. The van der Waals surface area contributed by atoms with Crippen LogP contribution in [0.4, 0.5) is 0 Å². The highest BCUT2D eigenvalue weighted by molar-refractivity contribution is 5.40. The van der Waals surface area contributed by atoms with E-state index in [-0.39, 0.29) is 0 Å². The molecule has 0 amide bonds. The Labute approximate surface area is 112 Å². The fourth-order valence-electron chi connectivity index (χ4n) is 2.13. The quantitative estimate of drug-likeness (QED) is 0.666. The number of ether oxygens (including phenoxy) is 1. The van der Waals surface area contributed by atoms with E-state index in [1.54, 1.807) is 0 Å². The van der Waals surface area contributed by atoms with Crippen LogP contribution in [-0.4, -0.2) is 13.7 Å². The highest BCUT2D eigenvalue weighted by Crippen LogP contribution is 2.23. The van der Waals surface area contributed by atoms with Crippen molar-refractivity contribution >= 4 is 0 Å². The van der Waals surface area contributed by atoms with E-state index in [1.807, 2.05) is 7.05 Å². The van der Waals surface area contributed by atoms with Gasteiger partial charge in [-0.3, -0.25) is 0 Å². The Bertz CT molecular complexity index is 336. The molecule has 0 saturated carbocycles. The van der Waals surface area contributed by atoms with Crippen LogP contribution in [-0.2, 0) is 6.54 Å². The number of hydrogen-bond donors (Lipinski definition) is 1. The molecular formula is C16H27NO. The van der Waals surface area contributed by atoms with Crippen LogP contribution in [0.1, 0.15) is 50.2 Å². The Morgan fingerprint density at radius 1 is 1.11 bits per heavy atom. The summed E-state index contributed by atoms with van der Waals surface area (Å²) < 4.78 is 5.96. The molecule has 0 saturated heterocycles. The molecule has 0 radical (unpaired) electrons. The zero-order chi connectivity index (χ0) is 13.2. The number of para-hydroxylation sites is 1. The third-order valence-electron chi connectivity index (χ3n) is 3.15. The molecule has 0 spiro atoms. The summed E-state index contributed by atoms with van der Waals surface area (Å²) in [7, 11) is 1.97. The lowest BCUT2D eigenvalue weighted by Crippen LogP contribution is -2.09. The first-order chi connectivity index (χ1) is 8.79. The van der Waals surface area contributed by atoms with Crippen molar-refractivity contribution in [3.63, 3.8) is 0 Å². The van der Waals surface area contributed by atoms with E-state index in [0.717, 1.165) is 25.3 Å². The van der Waals surface area contributed by atoms with E-state index in [9.17, 15) is 0 Å². The van der Waals surface area contributed by atoms with E-state index < -0.39 is 0 Å². The second-order valence-corrected chi connectivity index (χ2v) is 4.86. The second-order valence-electron chi connectivity index (χ2n) is 4.86. The second kappa shape index (κ2) is 8.98. The number of unbranched alkanes of at least 4 members (excludes halogenated alkanes) is 4. The molecule has 0 aliphatic heterocycles. The molecule has 1 aromatic carbocycles. The Kier molecular flexibility index (Phi) is 7.51. The largest absolute Gasteiger partial charge is 0.493 e. The number of nitrogens with one attached hydrogen (secondary N) is 1. The third kappa shape index (κ3) is 5.09. The molecule has 0 atom stereocenters. The van der Waals surface area contributed by atoms with Crippen molar-refractivity contribution in [2.75, 3.05) is 13.7 Å². The molecule has 0 aliphatic rings. The number of rotatable bonds is 9. The number of hydrogen-bond acceptors (Lipinski definition) is 2. The fourth-order valence-corrected chi connectivity index (χ4v) is 2.13. The van der Waals surface area contributed by atoms with Gasteiger partial charge in [0.15, 0.2) is 0 Å². The van der Waals surface area contributed by atoms with Crippen LogP contribution in [0.15, 0.2) is 18.2 Å². The minimum absolute atomic E-state index is 0.839. The standard InChI is InChI=1S/C16H27NO/c1-4-5-6-7-8-12-18-16-14(2)10-9-11-15(16)13-17-3/h9-11,17H,4-8,12-13H2,1-3H3. The minimum Gasteiger partial charge on any atom is -0.493 e. The molecule has 2 heteroatoms. The lowest BCUT2D eigenvalue weighted by atomic mass is 10.1. The molecule has 2 nitrogen and oxygen atoms in total. The maximum Gasteiger partial charge on any atom is 0.126 e. The van der Waals surface area contributed by atoms with E-state index >= 15 is 0 Å². The SMILES string of the molecule is CCCCCCCOc1c(C)cccc1CNC. The monoisotopic (exact) mass is 249 g/mol. The smallest absolute Gasteiger partial charge is 0.126 e. The van der Waals surface area contributed by atoms with Gasteiger partial charge in [-0.05, 0) is 26.0 Å². The van der Waals surface area contributed by atoms with Crippen molar-refractivity contribution in [1.82, 2.24) is 5.32 Å². The summed E-state index contributed by atoms with van der Waals surface area (Å²) in [5.74, 6) is 1.07. The molecule has 1 aromatic rings. The van der Waals surface area contributed by atoms with Gasteiger partial charge >= 0.3 is 0 Å². The van der Waals surface area contributed by atoms with Crippen LogP contribution in [0, 0.1) is 6.92 Å². The predicted molar refractivity (Wildman–Crippen MR) is 78.2 cm³/mol.